The maximum atomic E-state index is 12.3. The number of nitrogens with zero attached hydrogens (tertiary/aromatic N) is 3. The first kappa shape index (κ1) is 13.1. The molecule has 0 unspecified atom stereocenters. The Hall–Kier alpha value is -2.61. The fraction of sp³-hybridized carbons (Fsp3) is 0.214. The molecule has 112 valence electrons. The van der Waals surface area contributed by atoms with Gasteiger partial charge in [-0.1, -0.05) is 11.3 Å². The smallest absolute Gasteiger partial charge is 0.275 e. The Morgan fingerprint density at radius 2 is 2.14 bits per heavy atom. The van der Waals surface area contributed by atoms with E-state index >= 15 is 0 Å². The van der Waals surface area contributed by atoms with Crippen molar-refractivity contribution in [3.05, 3.63) is 29.6 Å². The Labute approximate surface area is 129 Å². The Kier molecular flexibility index (Phi) is 2.80. The molecule has 1 aliphatic rings. The largest absolute Gasteiger partial charge is 0.454 e. The highest BCUT2D eigenvalue weighted by Crippen LogP contribution is 2.39. The number of nitrogens with one attached hydrogen (secondary N) is 1. The van der Waals surface area contributed by atoms with Gasteiger partial charge in [0.2, 0.25) is 6.79 Å². The normalized spacial score (nSPS) is 12.8. The molecule has 1 N–H and O–H groups in total. The topological polar surface area (TPSA) is 78.3 Å². The Morgan fingerprint density at radius 3 is 2.86 bits per heavy atom. The highest BCUT2D eigenvalue weighted by atomic mass is 32.1. The quantitative estimate of drug-likeness (QED) is 0.785. The summed E-state index contributed by atoms with van der Waals surface area (Å²) in [6.07, 6.45) is 1.66. The number of carbonyl (C=O) groups excluding carboxylic acids is 1. The molecule has 0 aliphatic carbocycles. The number of hydrogen-bond donors (Lipinski definition) is 1. The second-order valence-electron chi connectivity index (χ2n) is 4.95. The van der Waals surface area contributed by atoms with E-state index in [1.54, 1.807) is 17.9 Å². The number of thiazole rings is 1. The number of amides is 1. The monoisotopic (exact) mass is 316 g/mol. The van der Waals surface area contributed by atoms with Gasteiger partial charge in [-0.3, -0.25) is 14.8 Å². The number of rotatable bonds is 2. The van der Waals surface area contributed by atoms with E-state index in [0.717, 1.165) is 15.8 Å². The van der Waals surface area contributed by atoms with Crippen LogP contribution in [0.2, 0.25) is 0 Å². The number of benzene rings is 1. The van der Waals surface area contributed by atoms with Gasteiger partial charge in [-0.25, -0.2) is 4.98 Å². The number of aryl methyl sites for hydroxylation is 2. The third-order valence-corrected chi connectivity index (χ3v) is 4.37. The lowest BCUT2D eigenvalue weighted by Gasteiger charge is -2.02. The van der Waals surface area contributed by atoms with Gasteiger partial charge in [0.15, 0.2) is 16.6 Å². The Bertz CT molecular complexity index is 839. The fourth-order valence-electron chi connectivity index (χ4n) is 2.40. The lowest BCUT2D eigenvalue weighted by Crippen LogP contribution is -2.17. The van der Waals surface area contributed by atoms with Gasteiger partial charge in [0.25, 0.3) is 5.91 Å². The predicted molar refractivity (Wildman–Crippen MR) is 81.6 cm³/mol. The van der Waals surface area contributed by atoms with Gasteiger partial charge >= 0.3 is 0 Å². The number of ether oxygens (including phenoxy) is 2. The summed E-state index contributed by atoms with van der Waals surface area (Å²) in [7, 11) is 1.74. The number of fused-ring (bicyclic) bond motifs is 2. The van der Waals surface area contributed by atoms with Crippen LogP contribution in [-0.2, 0) is 7.05 Å². The zero-order valence-corrected chi connectivity index (χ0v) is 12.7. The average Bonchev–Trinajstić information content (AvgIpc) is 3.14. The van der Waals surface area contributed by atoms with Crippen LogP contribution in [-0.4, -0.2) is 27.5 Å². The summed E-state index contributed by atoms with van der Waals surface area (Å²) < 4.78 is 13.2. The molecule has 1 amide bonds. The zero-order chi connectivity index (χ0) is 15.3. The molecular formula is C14H12N4O3S. The molecular weight excluding hydrogens is 304 g/mol. The molecule has 0 fully saturated rings. The van der Waals surface area contributed by atoms with Crippen LogP contribution in [0.1, 0.15) is 16.1 Å². The van der Waals surface area contributed by atoms with E-state index < -0.39 is 0 Å². The molecule has 0 bridgehead atoms. The number of anilines is 1. The van der Waals surface area contributed by atoms with Crippen LogP contribution in [0.5, 0.6) is 11.5 Å². The van der Waals surface area contributed by atoms with Crippen molar-refractivity contribution in [2.24, 2.45) is 7.05 Å². The first-order chi connectivity index (χ1) is 10.6. The van der Waals surface area contributed by atoms with Crippen LogP contribution >= 0.6 is 11.3 Å². The van der Waals surface area contributed by atoms with Crippen molar-refractivity contribution in [2.75, 3.05) is 12.1 Å². The van der Waals surface area contributed by atoms with Gasteiger partial charge in [0.1, 0.15) is 5.69 Å². The Morgan fingerprint density at radius 1 is 1.36 bits per heavy atom. The molecule has 0 spiro atoms. The van der Waals surface area contributed by atoms with Crippen LogP contribution in [0.15, 0.2) is 18.3 Å². The van der Waals surface area contributed by atoms with Gasteiger partial charge in [-0.05, 0) is 12.5 Å². The summed E-state index contributed by atoms with van der Waals surface area (Å²) in [5, 5.41) is 7.42. The minimum absolute atomic E-state index is 0.225. The highest BCUT2D eigenvalue weighted by Gasteiger charge is 2.19. The second-order valence-corrected chi connectivity index (χ2v) is 5.98. The zero-order valence-electron chi connectivity index (χ0n) is 11.9. The van der Waals surface area contributed by atoms with Gasteiger partial charge in [-0.2, -0.15) is 5.10 Å². The van der Waals surface area contributed by atoms with E-state index in [1.807, 2.05) is 19.1 Å². The lowest BCUT2D eigenvalue weighted by atomic mass is 10.2. The van der Waals surface area contributed by atoms with E-state index in [0.29, 0.717) is 22.3 Å². The number of aromatic nitrogens is 3. The molecule has 1 aliphatic heterocycles. The van der Waals surface area contributed by atoms with E-state index in [-0.39, 0.29) is 12.7 Å². The SMILES string of the molecule is Cc1cnn(C)c1C(=O)Nc1nc2cc3c(cc2s1)OCO3. The first-order valence-electron chi connectivity index (χ1n) is 6.62. The van der Waals surface area contributed by atoms with Crippen molar-refractivity contribution >= 4 is 32.6 Å². The van der Waals surface area contributed by atoms with E-state index in [9.17, 15) is 4.79 Å². The minimum atomic E-state index is -0.225. The van der Waals surface area contributed by atoms with Gasteiger partial charge < -0.3 is 9.47 Å². The molecule has 0 saturated carbocycles. The molecule has 3 heterocycles. The maximum Gasteiger partial charge on any atom is 0.275 e. The molecule has 4 rings (SSSR count). The van der Waals surface area contributed by atoms with Crippen LogP contribution in [0.4, 0.5) is 5.13 Å². The van der Waals surface area contributed by atoms with Crippen LogP contribution < -0.4 is 14.8 Å². The Balaban J connectivity index is 1.66. The molecule has 0 atom stereocenters. The van der Waals surface area contributed by atoms with Crippen molar-refractivity contribution < 1.29 is 14.3 Å². The van der Waals surface area contributed by atoms with Crippen molar-refractivity contribution in [3.8, 4) is 11.5 Å². The molecule has 7 nitrogen and oxygen atoms in total. The molecule has 0 saturated heterocycles. The van der Waals surface area contributed by atoms with E-state index in [2.05, 4.69) is 15.4 Å². The lowest BCUT2D eigenvalue weighted by molar-refractivity contribution is 0.101. The summed E-state index contributed by atoms with van der Waals surface area (Å²) >= 11 is 1.39. The summed E-state index contributed by atoms with van der Waals surface area (Å²) in [4.78, 5) is 16.8. The first-order valence-corrected chi connectivity index (χ1v) is 7.43. The molecule has 22 heavy (non-hydrogen) atoms. The fourth-order valence-corrected chi connectivity index (χ4v) is 3.27. The third kappa shape index (κ3) is 2.00. The molecule has 0 radical (unpaired) electrons. The summed E-state index contributed by atoms with van der Waals surface area (Å²) in [5.41, 5.74) is 2.11. The second kappa shape index (κ2) is 4.70. The van der Waals surface area contributed by atoms with E-state index in [4.69, 9.17) is 9.47 Å². The standard InChI is InChI=1S/C14H12N4O3S/c1-7-5-15-18(2)12(7)13(19)17-14-16-8-3-9-10(21-6-20-9)4-11(8)22-14/h3-5H,6H2,1-2H3,(H,16,17,19). The number of hydrogen-bond acceptors (Lipinski definition) is 6. The van der Waals surface area contributed by atoms with Crippen molar-refractivity contribution in [2.45, 2.75) is 6.92 Å². The molecule has 2 aromatic heterocycles. The minimum Gasteiger partial charge on any atom is -0.454 e. The average molecular weight is 316 g/mol. The number of carbonyl (C=O) groups is 1. The van der Waals surface area contributed by atoms with Crippen LogP contribution in [0, 0.1) is 6.92 Å². The van der Waals surface area contributed by atoms with Crippen LogP contribution in [0.25, 0.3) is 10.2 Å². The summed E-state index contributed by atoms with van der Waals surface area (Å²) in [6, 6.07) is 3.69. The van der Waals surface area contributed by atoms with Gasteiger partial charge in [-0.15, -0.1) is 0 Å². The highest BCUT2D eigenvalue weighted by molar-refractivity contribution is 7.22. The molecule has 1 aromatic carbocycles. The van der Waals surface area contributed by atoms with Crippen molar-refractivity contribution in [3.63, 3.8) is 0 Å². The summed E-state index contributed by atoms with van der Waals surface area (Å²) in [5.74, 6) is 1.16. The maximum absolute atomic E-state index is 12.3. The van der Waals surface area contributed by atoms with Crippen LogP contribution in [0.3, 0.4) is 0 Å². The van der Waals surface area contributed by atoms with Crippen molar-refractivity contribution in [1.82, 2.24) is 14.8 Å². The predicted octanol–water partition coefficient (Wildman–Crippen LogP) is 2.32. The van der Waals surface area contributed by atoms with Gasteiger partial charge in [0, 0.05) is 19.2 Å². The van der Waals surface area contributed by atoms with E-state index in [1.165, 1.54) is 11.3 Å². The van der Waals surface area contributed by atoms with Crippen molar-refractivity contribution in [1.29, 1.82) is 0 Å². The molecule has 3 aromatic rings. The third-order valence-electron chi connectivity index (χ3n) is 3.44. The summed E-state index contributed by atoms with van der Waals surface area (Å²) in [6.45, 7) is 2.08. The molecule has 8 heteroatoms. The van der Waals surface area contributed by atoms with Gasteiger partial charge in [0.05, 0.1) is 16.4 Å².